The number of fused-ring (bicyclic) bond motifs is 1. The van der Waals surface area contributed by atoms with E-state index in [1.165, 1.54) is 0 Å². The van der Waals surface area contributed by atoms with Gasteiger partial charge in [-0.2, -0.15) is 5.10 Å². The lowest BCUT2D eigenvalue weighted by atomic mass is 10.1. The topological polar surface area (TPSA) is 84.7 Å². The molecule has 0 radical (unpaired) electrons. The van der Waals surface area contributed by atoms with Gasteiger partial charge >= 0.3 is 0 Å². The van der Waals surface area contributed by atoms with E-state index >= 15 is 0 Å². The van der Waals surface area contributed by atoms with Gasteiger partial charge in [-0.3, -0.25) is 9.67 Å². The number of nitrogens with one attached hydrogen (secondary N) is 1. The minimum absolute atomic E-state index is 0.480. The second kappa shape index (κ2) is 6.92. The van der Waals surface area contributed by atoms with Gasteiger partial charge in [0.15, 0.2) is 0 Å². The maximum atomic E-state index is 4.71. The van der Waals surface area contributed by atoms with Crippen LogP contribution in [0.3, 0.4) is 0 Å². The number of rotatable bonds is 4. The van der Waals surface area contributed by atoms with Crippen LogP contribution in [0.5, 0.6) is 0 Å². The summed E-state index contributed by atoms with van der Waals surface area (Å²) in [6.07, 6.45) is 6.79. The van der Waals surface area contributed by atoms with Gasteiger partial charge in [-0.15, -0.1) is 10.2 Å². The van der Waals surface area contributed by atoms with Gasteiger partial charge in [0.1, 0.15) is 10.8 Å². The zero-order valence-electron chi connectivity index (χ0n) is 15.7. The molecule has 0 spiro atoms. The highest BCUT2D eigenvalue weighted by Crippen LogP contribution is 2.31. The molecule has 4 aromatic rings. The molecule has 1 unspecified atom stereocenters. The molecule has 5 heterocycles. The first-order valence-corrected chi connectivity index (χ1v) is 10.0. The van der Waals surface area contributed by atoms with Crippen molar-refractivity contribution in [3.05, 3.63) is 41.8 Å². The molecule has 0 aromatic carbocycles. The van der Waals surface area contributed by atoms with Crippen molar-refractivity contribution >= 4 is 33.3 Å². The maximum Gasteiger partial charge on any atom is 0.211 e. The van der Waals surface area contributed by atoms with Crippen LogP contribution < -0.4 is 5.32 Å². The summed E-state index contributed by atoms with van der Waals surface area (Å²) in [6.45, 7) is 2.16. The van der Waals surface area contributed by atoms with Crippen LogP contribution in [-0.4, -0.2) is 55.0 Å². The summed E-state index contributed by atoms with van der Waals surface area (Å²) in [6, 6.07) is 5.92. The minimum atomic E-state index is 0.480. The number of hydrogen-bond donors (Lipinski definition) is 1. The number of pyridine rings is 2. The molecule has 9 heteroatoms. The van der Waals surface area contributed by atoms with Crippen LogP contribution in [0.15, 0.2) is 36.8 Å². The van der Waals surface area contributed by atoms with Crippen molar-refractivity contribution in [2.24, 2.45) is 7.05 Å². The van der Waals surface area contributed by atoms with Gasteiger partial charge in [0.25, 0.3) is 0 Å². The van der Waals surface area contributed by atoms with Crippen LogP contribution in [0.2, 0.25) is 0 Å². The summed E-state index contributed by atoms with van der Waals surface area (Å²) >= 11 is 1.61. The van der Waals surface area contributed by atoms with Crippen molar-refractivity contribution in [2.45, 2.75) is 12.3 Å². The SMILES string of the molecule is CN1CCC(c2nnc(Nc3ccc4ncc(-c5cnn(C)c5)cc4n3)s2)C1. The van der Waals surface area contributed by atoms with E-state index in [0.29, 0.717) is 5.92 Å². The molecular formula is C19H20N8S. The highest BCUT2D eigenvalue weighted by Gasteiger charge is 2.24. The first kappa shape index (κ1) is 17.2. The van der Waals surface area contributed by atoms with Crippen molar-refractivity contribution < 1.29 is 0 Å². The molecule has 0 bridgehead atoms. The smallest absolute Gasteiger partial charge is 0.211 e. The Hall–Kier alpha value is -2.91. The summed E-state index contributed by atoms with van der Waals surface area (Å²) in [5.41, 5.74) is 3.69. The van der Waals surface area contributed by atoms with Crippen LogP contribution in [0, 0.1) is 0 Å². The quantitative estimate of drug-likeness (QED) is 0.571. The lowest BCUT2D eigenvalue weighted by molar-refractivity contribution is 0.411. The van der Waals surface area contributed by atoms with Gasteiger partial charge in [-0.25, -0.2) is 4.98 Å². The van der Waals surface area contributed by atoms with Crippen LogP contribution in [0.1, 0.15) is 17.3 Å². The van der Waals surface area contributed by atoms with Crippen molar-refractivity contribution in [1.82, 2.24) is 34.8 Å². The molecule has 4 aromatic heterocycles. The Morgan fingerprint density at radius 1 is 1.11 bits per heavy atom. The van der Waals surface area contributed by atoms with Gasteiger partial charge in [0.05, 0.1) is 17.2 Å². The second-order valence-corrected chi connectivity index (χ2v) is 8.19. The first-order valence-electron chi connectivity index (χ1n) is 9.19. The number of hydrogen-bond acceptors (Lipinski definition) is 8. The Kier molecular flexibility index (Phi) is 4.25. The van der Waals surface area contributed by atoms with E-state index in [1.807, 2.05) is 43.8 Å². The van der Waals surface area contributed by atoms with E-state index in [-0.39, 0.29) is 0 Å². The average Bonchev–Trinajstić information content (AvgIpc) is 3.42. The summed E-state index contributed by atoms with van der Waals surface area (Å²) < 4.78 is 1.78. The van der Waals surface area contributed by atoms with Gasteiger partial charge < -0.3 is 10.2 Å². The third-order valence-electron chi connectivity index (χ3n) is 4.99. The maximum absolute atomic E-state index is 4.71. The summed E-state index contributed by atoms with van der Waals surface area (Å²) in [7, 11) is 4.05. The Balaban J connectivity index is 1.39. The highest BCUT2D eigenvalue weighted by molar-refractivity contribution is 7.15. The number of likely N-dealkylation sites (N-methyl/N-ethyl adjacent to an activating group) is 1. The molecular weight excluding hydrogens is 372 g/mol. The molecule has 1 atom stereocenters. The third-order valence-corrected chi connectivity index (χ3v) is 5.99. The Bertz CT molecular complexity index is 1130. The second-order valence-electron chi connectivity index (χ2n) is 7.18. The van der Waals surface area contributed by atoms with Gasteiger partial charge in [-0.05, 0) is 38.2 Å². The molecule has 5 rings (SSSR count). The van der Waals surface area contributed by atoms with E-state index in [4.69, 9.17) is 4.98 Å². The van der Waals surface area contributed by atoms with E-state index in [1.54, 1.807) is 16.0 Å². The predicted molar refractivity (Wildman–Crippen MR) is 110 cm³/mol. The van der Waals surface area contributed by atoms with Crippen molar-refractivity contribution in [2.75, 3.05) is 25.5 Å². The van der Waals surface area contributed by atoms with Crippen molar-refractivity contribution in [1.29, 1.82) is 0 Å². The Morgan fingerprint density at radius 3 is 2.82 bits per heavy atom. The lowest BCUT2D eigenvalue weighted by Gasteiger charge is -2.06. The third kappa shape index (κ3) is 3.34. The molecule has 1 aliphatic heterocycles. The van der Waals surface area contributed by atoms with Gasteiger partial charge in [-0.1, -0.05) is 11.3 Å². The number of aryl methyl sites for hydroxylation is 1. The monoisotopic (exact) mass is 392 g/mol. The molecule has 8 nitrogen and oxygen atoms in total. The largest absolute Gasteiger partial charge is 0.315 e. The molecule has 0 amide bonds. The van der Waals surface area contributed by atoms with Crippen LogP contribution in [-0.2, 0) is 7.05 Å². The standard InChI is InChI=1S/C19H20N8S/c1-26-6-5-12(10-26)18-24-25-19(28-18)23-17-4-3-15-16(22-17)7-13(8-20-15)14-9-21-27(2)11-14/h3-4,7-9,11-12H,5-6,10H2,1-2H3,(H,22,23,25). The van der Waals surface area contributed by atoms with Crippen LogP contribution in [0.4, 0.5) is 10.9 Å². The Morgan fingerprint density at radius 2 is 2.04 bits per heavy atom. The molecule has 0 aliphatic carbocycles. The number of aromatic nitrogens is 6. The number of anilines is 2. The van der Waals surface area contributed by atoms with Crippen molar-refractivity contribution in [3.63, 3.8) is 0 Å². The normalized spacial score (nSPS) is 17.4. The zero-order chi connectivity index (χ0) is 19.1. The van der Waals surface area contributed by atoms with Gasteiger partial charge in [0.2, 0.25) is 5.13 Å². The fraction of sp³-hybridized carbons (Fsp3) is 0.316. The molecule has 0 saturated carbocycles. The lowest BCUT2D eigenvalue weighted by Crippen LogP contribution is -2.13. The molecule has 1 aliphatic rings. The highest BCUT2D eigenvalue weighted by atomic mass is 32.1. The average molecular weight is 392 g/mol. The summed E-state index contributed by atoms with van der Waals surface area (Å²) in [5, 5.41) is 18.1. The van der Waals surface area contributed by atoms with E-state index in [9.17, 15) is 0 Å². The number of nitrogens with zero attached hydrogens (tertiary/aromatic N) is 7. The van der Waals surface area contributed by atoms with E-state index < -0.39 is 0 Å². The fourth-order valence-electron chi connectivity index (χ4n) is 3.50. The van der Waals surface area contributed by atoms with Crippen LogP contribution >= 0.6 is 11.3 Å². The molecule has 1 fully saturated rings. The molecule has 1 saturated heterocycles. The van der Waals surface area contributed by atoms with E-state index in [2.05, 4.69) is 37.5 Å². The molecule has 28 heavy (non-hydrogen) atoms. The van der Waals surface area contributed by atoms with Crippen molar-refractivity contribution in [3.8, 4) is 11.1 Å². The fourth-order valence-corrected chi connectivity index (χ4v) is 4.38. The van der Waals surface area contributed by atoms with Gasteiger partial charge in [0, 0.05) is 43.0 Å². The molecule has 142 valence electrons. The summed E-state index contributed by atoms with van der Waals surface area (Å²) in [5.74, 6) is 1.22. The Labute approximate surface area is 166 Å². The van der Waals surface area contributed by atoms with Crippen LogP contribution in [0.25, 0.3) is 22.2 Å². The molecule has 1 N–H and O–H groups in total. The van der Waals surface area contributed by atoms with E-state index in [0.717, 1.165) is 57.6 Å². The predicted octanol–water partition coefficient (Wildman–Crippen LogP) is 3.04. The minimum Gasteiger partial charge on any atom is -0.315 e. The zero-order valence-corrected chi connectivity index (χ0v) is 16.5. The number of likely N-dealkylation sites (tertiary alicyclic amines) is 1. The summed E-state index contributed by atoms with van der Waals surface area (Å²) in [4.78, 5) is 11.6. The first-order chi connectivity index (χ1) is 13.6.